The number of carbonyl (C=O) groups excluding carboxylic acids is 1. The lowest BCUT2D eigenvalue weighted by Crippen LogP contribution is -2.44. The van der Waals surface area contributed by atoms with Gasteiger partial charge in [0.2, 0.25) is 5.91 Å². The Balaban J connectivity index is 2.83. The first-order valence-corrected chi connectivity index (χ1v) is 5.29. The van der Waals surface area contributed by atoms with Gasteiger partial charge in [-0.3, -0.25) is 4.79 Å². The van der Waals surface area contributed by atoms with Crippen LogP contribution in [-0.2, 0) is 4.79 Å². The van der Waals surface area contributed by atoms with E-state index in [2.05, 4.69) is 20.8 Å². The van der Waals surface area contributed by atoms with Crippen LogP contribution >= 0.6 is 0 Å². The smallest absolute Gasteiger partial charge is 0.223 e. The van der Waals surface area contributed by atoms with Crippen molar-refractivity contribution in [1.82, 2.24) is 0 Å². The van der Waals surface area contributed by atoms with Gasteiger partial charge in [-0.15, -0.1) is 0 Å². The summed E-state index contributed by atoms with van der Waals surface area (Å²) in [6.45, 7) is 6.45. The van der Waals surface area contributed by atoms with E-state index in [0.717, 1.165) is 19.3 Å². The van der Waals surface area contributed by atoms with Gasteiger partial charge >= 0.3 is 0 Å². The summed E-state index contributed by atoms with van der Waals surface area (Å²) in [4.78, 5) is 11.5. The highest BCUT2D eigenvalue weighted by molar-refractivity contribution is 5.81. The molecule has 0 heterocycles. The van der Waals surface area contributed by atoms with E-state index in [1.807, 2.05) is 0 Å². The van der Waals surface area contributed by atoms with E-state index in [1.165, 1.54) is 6.42 Å². The van der Waals surface area contributed by atoms with Gasteiger partial charge in [0.05, 0.1) is 5.41 Å². The van der Waals surface area contributed by atoms with Crippen molar-refractivity contribution in [2.24, 2.45) is 23.0 Å². The lowest BCUT2D eigenvalue weighted by Gasteiger charge is -2.40. The van der Waals surface area contributed by atoms with Crippen molar-refractivity contribution in [3.63, 3.8) is 0 Å². The van der Waals surface area contributed by atoms with Crippen LogP contribution in [0.3, 0.4) is 0 Å². The van der Waals surface area contributed by atoms with Crippen molar-refractivity contribution >= 4 is 5.91 Å². The van der Waals surface area contributed by atoms with E-state index in [4.69, 9.17) is 5.73 Å². The van der Waals surface area contributed by atoms with E-state index in [-0.39, 0.29) is 11.3 Å². The average molecular weight is 183 g/mol. The predicted molar refractivity (Wildman–Crippen MR) is 54.1 cm³/mol. The molecular formula is C11H21NO. The number of amides is 1. The Morgan fingerprint density at radius 1 is 1.54 bits per heavy atom. The minimum absolute atomic E-state index is 0.0888. The summed E-state index contributed by atoms with van der Waals surface area (Å²) in [5.41, 5.74) is 5.32. The first kappa shape index (κ1) is 10.6. The van der Waals surface area contributed by atoms with Crippen LogP contribution in [0.1, 0.15) is 46.5 Å². The van der Waals surface area contributed by atoms with Crippen LogP contribution < -0.4 is 5.73 Å². The summed E-state index contributed by atoms with van der Waals surface area (Å²) in [6.07, 6.45) is 4.38. The highest BCUT2D eigenvalue weighted by atomic mass is 16.1. The monoisotopic (exact) mass is 183 g/mol. The summed E-state index contributed by atoms with van der Waals surface area (Å²) < 4.78 is 0. The molecule has 1 fully saturated rings. The molecule has 1 rings (SSSR count). The molecule has 0 saturated heterocycles. The van der Waals surface area contributed by atoms with Crippen LogP contribution in [0.25, 0.3) is 0 Å². The zero-order chi connectivity index (χ0) is 10.1. The maximum absolute atomic E-state index is 11.5. The van der Waals surface area contributed by atoms with Crippen molar-refractivity contribution in [2.45, 2.75) is 46.5 Å². The number of rotatable bonds is 2. The molecule has 13 heavy (non-hydrogen) atoms. The zero-order valence-electron chi connectivity index (χ0n) is 8.97. The Morgan fingerprint density at radius 2 is 2.15 bits per heavy atom. The number of hydrogen-bond donors (Lipinski definition) is 1. The highest BCUT2D eigenvalue weighted by Crippen LogP contribution is 2.44. The van der Waals surface area contributed by atoms with Crippen LogP contribution in [0.5, 0.6) is 0 Å². The van der Waals surface area contributed by atoms with Gasteiger partial charge in [0.1, 0.15) is 0 Å². The van der Waals surface area contributed by atoms with E-state index < -0.39 is 0 Å². The Morgan fingerprint density at radius 3 is 2.46 bits per heavy atom. The van der Waals surface area contributed by atoms with Crippen LogP contribution in [0.2, 0.25) is 0 Å². The Bertz CT molecular complexity index is 200. The second-order valence-corrected chi connectivity index (χ2v) is 4.88. The predicted octanol–water partition coefficient (Wildman–Crippen LogP) is 2.32. The molecular weight excluding hydrogens is 162 g/mol. The Hall–Kier alpha value is -0.530. The molecule has 0 aromatic rings. The minimum atomic E-state index is -0.211. The summed E-state index contributed by atoms with van der Waals surface area (Å²) in [6, 6.07) is 0. The first-order chi connectivity index (χ1) is 5.99. The van der Waals surface area contributed by atoms with E-state index in [1.54, 1.807) is 0 Å². The third-order valence-electron chi connectivity index (χ3n) is 3.63. The highest BCUT2D eigenvalue weighted by Gasteiger charge is 2.42. The van der Waals surface area contributed by atoms with Crippen molar-refractivity contribution in [3.8, 4) is 0 Å². The molecule has 0 aromatic heterocycles. The van der Waals surface area contributed by atoms with Gasteiger partial charge in [-0.1, -0.05) is 33.6 Å². The number of hydrogen-bond acceptors (Lipinski definition) is 1. The van der Waals surface area contributed by atoms with Gasteiger partial charge in [-0.05, 0) is 24.7 Å². The van der Waals surface area contributed by atoms with Crippen molar-refractivity contribution in [2.75, 3.05) is 0 Å². The van der Waals surface area contributed by atoms with Crippen LogP contribution in [-0.4, -0.2) is 5.91 Å². The SMILES string of the molecule is CC1CCCC(C(N)=O)(C(C)C)C1. The normalized spacial score (nSPS) is 34.9. The number of carbonyl (C=O) groups is 1. The quantitative estimate of drug-likeness (QED) is 0.701. The van der Waals surface area contributed by atoms with Crippen molar-refractivity contribution in [1.29, 1.82) is 0 Å². The Labute approximate surface area is 80.9 Å². The van der Waals surface area contributed by atoms with Gasteiger partial charge in [0, 0.05) is 0 Å². The molecule has 0 spiro atoms. The average Bonchev–Trinajstić information content (AvgIpc) is 2.03. The summed E-state index contributed by atoms with van der Waals surface area (Å²) >= 11 is 0. The lowest BCUT2D eigenvalue weighted by atomic mass is 9.64. The third-order valence-corrected chi connectivity index (χ3v) is 3.63. The minimum Gasteiger partial charge on any atom is -0.369 e. The maximum Gasteiger partial charge on any atom is 0.223 e. The van der Waals surface area contributed by atoms with Crippen molar-refractivity contribution in [3.05, 3.63) is 0 Å². The van der Waals surface area contributed by atoms with E-state index in [0.29, 0.717) is 11.8 Å². The van der Waals surface area contributed by atoms with E-state index in [9.17, 15) is 4.79 Å². The molecule has 2 nitrogen and oxygen atoms in total. The molecule has 0 bridgehead atoms. The number of primary amides is 1. The van der Waals surface area contributed by atoms with Gasteiger partial charge in [-0.25, -0.2) is 0 Å². The third kappa shape index (κ3) is 1.87. The largest absolute Gasteiger partial charge is 0.369 e. The summed E-state index contributed by atoms with van der Waals surface area (Å²) in [5.74, 6) is 0.949. The van der Waals surface area contributed by atoms with Gasteiger partial charge in [-0.2, -0.15) is 0 Å². The molecule has 1 saturated carbocycles. The van der Waals surface area contributed by atoms with Gasteiger partial charge in [0.25, 0.3) is 0 Å². The molecule has 2 atom stereocenters. The zero-order valence-corrected chi connectivity index (χ0v) is 8.97. The Kier molecular flexibility index (Phi) is 2.99. The van der Waals surface area contributed by atoms with Crippen molar-refractivity contribution < 1.29 is 4.79 Å². The second kappa shape index (κ2) is 3.69. The molecule has 1 amide bonds. The molecule has 1 aliphatic rings. The van der Waals surface area contributed by atoms with Crippen LogP contribution in [0.15, 0.2) is 0 Å². The molecule has 0 aromatic carbocycles. The van der Waals surface area contributed by atoms with E-state index >= 15 is 0 Å². The fourth-order valence-electron chi connectivity index (χ4n) is 2.62. The van der Waals surface area contributed by atoms with Gasteiger partial charge in [0.15, 0.2) is 0 Å². The number of nitrogens with two attached hydrogens (primary N) is 1. The second-order valence-electron chi connectivity index (χ2n) is 4.88. The fraction of sp³-hybridized carbons (Fsp3) is 0.909. The summed E-state index contributed by atoms with van der Waals surface area (Å²) in [5, 5.41) is 0. The molecule has 2 heteroatoms. The standard InChI is InChI=1S/C11H21NO/c1-8(2)11(10(12)13)6-4-5-9(3)7-11/h8-9H,4-7H2,1-3H3,(H2,12,13). The molecule has 0 radical (unpaired) electrons. The van der Waals surface area contributed by atoms with Crippen LogP contribution in [0.4, 0.5) is 0 Å². The van der Waals surface area contributed by atoms with Gasteiger partial charge < -0.3 is 5.73 Å². The molecule has 1 aliphatic carbocycles. The molecule has 0 aliphatic heterocycles. The topological polar surface area (TPSA) is 43.1 Å². The molecule has 2 unspecified atom stereocenters. The molecule has 76 valence electrons. The lowest BCUT2D eigenvalue weighted by molar-refractivity contribution is -0.133. The maximum atomic E-state index is 11.5. The summed E-state index contributed by atoms with van der Waals surface area (Å²) in [7, 11) is 0. The van der Waals surface area contributed by atoms with Crippen LogP contribution in [0, 0.1) is 17.3 Å². The first-order valence-electron chi connectivity index (χ1n) is 5.29. The molecule has 2 N–H and O–H groups in total. The fourth-order valence-corrected chi connectivity index (χ4v) is 2.62.